The van der Waals surface area contributed by atoms with Gasteiger partial charge >= 0.3 is 5.97 Å². The van der Waals surface area contributed by atoms with Crippen LogP contribution in [0.4, 0.5) is 0 Å². The summed E-state index contributed by atoms with van der Waals surface area (Å²) in [5, 5.41) is 11.6. The number of ether oxygens (including phenoxy) is 1. The fourth-order valence-corrected chi connectivity index (χ4v) is 2.24. The second-order valence-electron chi connectivity index (χ2n) is 3.78. The van der Waals surface area contributed by atoms with Crippen molar-refractivity contribution >= 4 is 23.6 Å². The molecule has 1 rings (SSSR count). The third-order valence-corrected chi connectivity index (χ3v) is 3.33. The lowest BCUT2D eigenvalue weighted by Gasteiger charge is -2.11. The molecule has 0 aromatic heterocycles. The highest BCUT2D eigenvalue weighted by atomic mass is 32.2. The van der Waals surface area contributed by atoms with Crippen LogP contribution in [-0.4, -0.2) is 48.2 Å². The number of rotatable bonds is 7. The quantitative estimate of drug-likeness (QED) is 0.515. The molecule has 2 atom stereocenters. The number of hydrogen-bond acceptors (Lipinski definition) is 4. The SMILES string of the molecule is COCCSCC(=O)NC1C=CC(C(=O)O)C1. The summed E-state index contributed by atoms with van der Waals surface area (Å²) in [6.07, 6.45) is 3.83. The van der Waals surface area contributed by atoms with Crippen LogP contribution in [0, 0.1) is 5.92 Å². The average Bonchev–Trinajstić information content (AvgIpc) is 2.73. The number of carboxylic acid groups (broad SMARTS) is 1. The van der Waals surface area contributed by atoms with Gasteiger partial charge in [0.05, 0.1) is 18.3 Å². The van der Waals surface area contributed by atoms with Crippen LogP contribution in [0.3, 0.4) is 0 Å². The normalized spacial score (nSPS) is 22.6. The zero-order valence-corrected chi connectivity index (χ0v) is 10.5. The van der Waals surface area contributed by atoms with Crippen molar-refractivity contribution in [1.29, 1.82) is 0 Å². The van der Waals surface area contributed by atoms with E-state index in [1.54, 1.807) is 19.3 Å². The second kappa shape index (κ2) is 7.34. The molecule has 5 nitrogen and oxygen atoms in total. The average molecular weight is 259 g/mol. The Morgan fingerprint density at radius 3 is 2.88 bits per heavy atom. The van der Waals surface area contributed by atoms with Gasteiger partial charge in [0.25, 0.3) is 0 Å². The van der Waals surface area contributed by atoms with E-state index in [9.17, 15) is 9.59 Å². The second-order valence-corrected chi connectivity index (χ2v) is 4.89. The fourth-order valence-electron chi connectivity index (χ4n) is 1.54. The van der Waals surface area contributed by atoms with Crippen molar-refractivity contribution in [2.45, 2.75) is 12.5 Å². The lowest BCUT2D eigenvalue weighted by atomic mass is 10.1. The molecule has 0 saturated heterocycles. The number of thioether (sulfide) groups is 1. The smallest absolute Gasteiger partial charge is 0.310 e. The Morgan fingerprint density at radius 2 is 2.29 bits per heavy atom. The van der Waals surface area contributed by atoms with E-state index in [0.717, 1.165) is 5.75 Å². The van der Waals surface area contributed by atoms with Gasteiger partial charge < -0.3 is 15.2 Å². The molecule has 1 aliphatic rings. The Bertz CT molecular complexity index is 306. The molecule has 0 fully saturated rings. The van der Waals surface area contributed by atoms with Gasteiger partial charge in [0.15, 0.2) is 0 Å². The number of aliphatic carboxylic acids is 1. The van der Waals surface area contributed by atoms with Crippen LogP contribution in [-0.2, 0) is 14.3 Å². The summed E-state index contributed by atoms with van der Waals surface area (Å²) in [7, 11) is 1.62. The number of carbonyl (C=O) groups excluding carboxylic acids is 1. The molecule has 0 bridgehead atoms. The van der Waals surface area contributed by atoms with Crippen LogP contribution >= 0.6 is 11.8 Å². The van der Waals surface area contributed by atoms with E-state index in [1.807, 2.05) is 0 Å². The number of carboxylic acids is 1. The summed E-state index contributed by atoms with van der Waals surface area (Å²) in [5.41, 5.74) is 0. The van der Waals surface area contributed by atoms with Gasteiger partial charge in [-0.25, -0.2) is 0 Å². The summed E-state index contributed by atoms with van der Waals surface area (Å²) in [6.45, 7) is 0.627. The Labute approximate surface area is 105 Å². The molecule has 1 aliphatic carbocycles. The van der Waals surface area contributed by atoms with Gasteiger partial charge in [-0.1, -0.05) is 12.2 Å². The van der Waals surface area contributed by atoms with Crippen molar-refractivity contribution < 1.29 is 19.4 Å². The maximum absolute atomic E-state index is 11.5. The standard InChI is InChI=1S/C11H17NO4S/c1-16-4-5-17-7-10(13)12-9-3-2-8(6-9)11(14)15/h2-3,8-9H,4-7H2,1H3,(H,12,13)(H,14,15). The van der Waals surface area contributed by atoms with Crippen LogP contribution < -0.4 is 5.32 Å². The maximum atomic E-state index is 11.5. The van der Waals surface area contributed by atoms with Crippen LogP contribution in [0.2, 0.25) is 0 Å². The first-order chi connectivity index (χ1) is 8.13. The van der Waals surface area contributed by atoms with E-state index in [4.69, 9.17) is 9.84 Å². The molecule has 6 heteroatoms. The molecule has 0 radical (unpaired) electrons. The molecule has 0 aromatic carbocycles. The molecule has 2 unspecified atom stereocenters. The van der Waals surface area contributed by atoms with Crippen molar-refractivity contribution in [2.24, 2.45) is 5.92 Å². The van der Waals surface area contributed by atoms with Gasteiger partial charge in [0, 0.05) is 18.9 Å². The summed E-state index contributed by atoms with van der Waals surface area (Å²) >= 11 is 1.50. The topological polar surface area (TPSA) is 75.6 Å². The molecule has 17 heavy (non-hydrogen) atoms. The van der Waals surface area contributed by atoms with Gasteiger partial charge in [0.1, 0.15) is 0 Å². The van der Waals surface area contributed by atoms with Gasteiger partial charge in [-0.05, 0) is 6.42 Å². The first-order valence-electron chi connectivity index (χ1n) is 5.40. The molecular formula is C11H17NO4S. The lowest BCUT2D eigenvalue weighted by Crippen LogP contribution is -2.34. The number of carbonyl (C=O) groups is 2. The number of methoxy groups -OCH3 is 1. The zero-order valence-electron chi connectivity index (χ0n) is 9.72. The molecule has 0 saturated carbocycles. The molecule has 0 aliphatic heterocycles. The first kappa shape index (κ1) is 14.1. The van der Waals surface area contributed by atoms with E-state index in [1.165, 1.54) is 11.8 Å². The van der Waals surface area contributed by atoms with Crippen LogP contribution in [0.15, 0.2) is 12.2 Å². The van der Waals surface area contributed by atoms with E-state index < -0.39 is 11.9 Å². The monoisotopic (exact) mass is 259 g/mol. The third-order valence-electron chi connectivity index (χ3n) is 2.41. The Hall–Kier alpha value is -1.01. The number of nitrogens with one attached hydrogen (secondary N) is 1. The molecule has 0 spiro atoms. The van der Waals surface area contributed by atoms with Crippen molar-refractivity contribution in [3.63, 3.8) is 0 Å². The predicted octanol–water partition coefficient (Wildman–Crippen LogP) is 0.511. The first-order valence-corrected chi connectivity index (χ1v) is 6.56. The summed E-state index contributed by atoms with van der Waals surface area (Å²) in [4.78, 5) is 22.2. The number of hydrogen-bond donors (Lipinski definition) is 2. The van der Waals surface area contributed by atoms with Crippen LogP contribution in [0.1, 0.15) is 6.42 Å². The highest BCUT2D eigenvalue weighted by Gasteiger charge is 2.25. The minimum absolute atomic E-state index is 0.0632. The fraction of sp³-hybridized carbons (Fsp3) is 0.636. The van der Waals surface area contributed by atoms with Gasteiger partial charge in [-0.3, -0.25) is 9.59 Å². The van der Waals surface area contributed by atoms with Crippen molar-refractivity contribution in [3.8, 4) is 0 Å². The lowest BCUT2D eigenvalue weighted by molar-refractivity contribution is -0.140. The number of amides is 1. The maximum Gasteiger partial charge on any atom is 0.310 e. The largest absolute Gasteiger partial charge is 0.481 e. The van der Waals surface area contributed by atoms with E-state index in [2.05, 4.69) is 5.32 Å². The Balaban J connectivity index is 2.16. The zero-order chi connectivity index (χ0) is 12.7. The molecule has 96 valence electrons. The molecule has 0 heterocycles. The van der Waals surface area contributed by atoms with Crippen molar-refractivity contribution in [1.82, 2.24) is 5.32 Å². The Kier molecular flexibility index (Phi) is 6.07. The van der Waals surface area contributed by atoms with Crippen molar-refractivity contribution in [3.05, 3.63) is 12.2 Å². The van der Waals surface area contributed by atoms with Gasteiger partial charge in [-0.15, -0.1) is 11.8 Å². The van der Waals surface area contributed by atoms with Crippen LogP contribution in [0.5, 0.6) is 0 Å². The van der Waals surface area contributed by atoms with Gasteiger partial charge in [0.2, 0.25) is 5.91 Å². The van der Waals surface area contributed by atoms with E-state index in [-0.39, 0.29) is 11.9 Å². The minimum atomic E-state index is -0.840. The molecule has 0 aromatic rings. The van der Waals surface area contributed by atoms with Crippen LogP contribution in [0.25, 0.3) is 0 Å². The Morgan fingerprint density at radius 1 is 1.53 bits per heavy atom. The van der Waals surface area contributed by atoms with Crippen molar-refractivity contribution in [2.75, 3.05) is 25.2 Å². The summed E-state index contributed by atoms with van der Waals surface area (Å²) in [5.74, 6) is -0.214. The van der Waals surface area contributed by atoms with Gasteiger partial charge in [-0.2, -0.15) is 0 Å². The molecule has 2 N–H and O–H groups in total. The highest BCUT2D eigenvalue weighted by Crippen LogP contribution is 2.17. The summed E-state index contributed by atoms with van der Waals surface area (Å²) in [6, 6.07) is -0.147. The van der Waals surface area contributed by atoms with E-state index >= 15 is 0 Å². The summed E-state index contributed by atoms with van der Waals surface area (Å²) < 4.78 is 4.87. The predicted molar refractivity (Wildman–Crippen MR) is 66.0 cm³/mol. The highest BCUT2D eigenvalue weighted by molar-refractivity contribution is 7.99. The third kappa shape index (κ3) is 5.23. The minimum Gasteiger partial charge on any atom is -0.481 e. The van der Waals surface area contributed by atoms with E-state index in [0.29, 0.717) is 18.8 Å². The molecule has 1 amide bonds. The molecular weight excluding hydrogens is 242 g/mol.